The molecule has 0 aliphatic carbocycles. The van der Waals surface area contributed by atoms with Crippen LogP contribution in [0, 0.1) is 5.82 Å². The van der Waals surface area contributed by atoms with Crippen molar-refractivity contribution < 1.29 is 18.3 Å². The maximum absolute atomic E-state index is 13.0. The van der Waals surface area contributed by atoms with Crippen molar-refractivity contribution in [2.24, 2.45) is 0 Å². The van der Waals surface area contributed by atoms with Gasteiger partial charge in [-0.25, -0.2) is 4.39 Å². The molecule has 22 heavy (non-hydrogen) atoms. The number of benzene rings is 2. The van der Waals surface area contributed by atoms with Crippen molar-refractivity contribution in [1.82, 2.24) is 0 Å². The first-order chi connectivity index (χ1) is 10.7. The predicted molar refractivity (Wildman–Crippen MR) is 82.6 cm³/mol. The molecule has 0 N–H and O–H groups in total. The molecule has 112 valence electrons. The highest BCUT2D eigenvalue weighted by atomic mass is 19.1. The van der Waals surface area contributed by atoms with E-state index in [-0.39, 0.29) is 5.82 Å². The highest BCUT2D eigenvalue weighted by Gasteiger charge is 2.12. The Bertz CT molecular complexity index is 775. The summed E-state index contributed by atoms with van der Waals surface area (Å²) in [4.78, 5) is 0. The fraction of sp³-hybridized carbons (Fsp3) is 0.111. The van der Waals surface area contributed by atoms with Gasteiger partial charge < -0.3 is 13.9 Å². The molecule has 0 unspecified atom stereocenters. The molecule has 3 nitrogen and oxygen atoms in total. The minimum atomic E-state index is -0.273. The van der Waals surface area contributed by atoms with Crippen LogP contribution in [0.4, 0.5) is 4.39 Å². The zero-order chi connectivity index (χ0) is 15.5. The normalized spacial score (nSPS) is 10.5. The fourth-order valence-electron chi connectivity index (χ4n) is 2.26. The molecule has 4 heteroatoms. The zero-order valence-electron chi connectivity index (χ0n) is 12.3. The molecule has 0 saturated carbocycles. The smallest absolute Gasteiger partial charge is 0.138 e. The summed E-state index contributed by atoms with van der Waals surface area (Å²) in [5, 5.41) is 0. The number of ether oxygens (including phenoxy) is 2. The first-order valence-electron chi connectivity index (χ1n) is 6.79. The zero-order valence-corrected chi connectivity index (χ0v) is 12.3. The molecule has 0 spiro atoms. The lowest BCUT2D eigenvalue weighted by atomic mass is 10.1. The van der Waals surface area contributed by atoms with Gasteiger partial charge in [-0.05, 0) is 54.6 Å². The number of halogens is 1. The van der Waals surface area contributed by atoms with Crippen LogP contribution >= 0.6 is 0 Å². The average Bonchev–Trinajstić information content (AvgIpc) is 3.04. The summed E-state index contributed by atoms with van der Waals surface area (Å²) in [6.45, 7) is 0. The first kappa shape index (κ1) is 14.2. The summed E-state index contributed by atoms with van der Waals surface area (Å²) in [5.41, 5.74) is 1.62. The molecule has 0 aliphatic rings. The Morgan fingerprint density at radius 1 is 0.818 bits per heavy atom. The summed E-state index contributed by atoms with van der Waals surface area (Å²) in [7, 11) is 3.22. The number of rotatable bonds is 4. The number of hydrogen-bond acceptors (Lipinski definition) is 3. The van der Waals surface area contributed by atoms with E-state index < -0.39 is 0 Å². The molecule has 0 saturated heterocycles. The molecule has 0 bridgehead atoms. The summed E-state index contributed by atoms with van der Waals surface area (Å²) in [5.74, 6) is 2.47. The van der Waals surface area contributed by atoms with E-state index in [4.69, 9.17) is 13.9 Å². The summed E-state index contributed by atoms with van der Waals surface area (Å²) >= 11 is 0. The van der Waals surface area contributed by atoms with Gasteiger partial charge in [0.05, 0.1) is 19.8 Å². The quantitative estimate of drug-likeness (QED) is 0.695. The minimum Gasteiger partial charge on any atom is -0.497 e. The summed E-state index contributed by atoms with van der Waals surface area (Å²) in [6, 6.07) is 15.4. The van der Waals surface area contributed by atoms with Gasteiger partial charge in [0.1, 0.15) is 28.8 Å². The van der Waals surface area contributed by atoms with E-state index in [0.29, 0.717) is 17.3 Å². The largest absolute Gasteiger partial charge is 0.497 e. The third-order valence-electron chi connectivity index (χ3n) is 3.41. The van der Waals surface area contributed by atoms with Crippen molar-refractivity contribution in [2.45, 2.75) is 0 Å². The van der Waals surface area contributed by atoms with Crippen LogP contribution in [-0.2, 0) is 0 Å². The Hall–Kier alpha value is -2.75. The average molecular weight is 298 g/mol. The highest BCUT2D eigenvalue weighted by Crippen LogP contribution is 2.36. The lowest BCUT2D eigenvalue weighted by molar-refractivity contribution is 0.403. The lowest BCUT2D eigenvalue weighted by Gasteiger charge is -2.08. The van der Waals surface area contributed by atoms with Gasteiger partial charge in [-0.3, -0.25) is 0 Å². The lowest BCUT2D eigenvalue weighted by Crippen LogP contribution is -1.89. The molecule has 3 rings (SSSR count). The van der Waals surface area contributed by atoms with E-state index in [1.54, 1.807) is 26.4 Å². The number of furan rings is 1. The highest BCUT2D eigenvalue weighted by molar-refractivity contribution is 5.70. The van der Waals surface area contributed by atoms with E-state index >= 15 is 0 Å². The molecule has 0 fully saturated rings. The van der Waals surface area contributed by atoms with Gasteiger partial charge >= 0.3 is 0 Å². The number of methoxy groups -OCH3 is 2. The van der Waals surface area contributed by atoms with Crippen molar-refractivity contribution in [3.05, 3.63) is 60.4 Å². The van der Waals surface area contributed by atoms with Crippen molar-refractivity contribution in [3.63, 3.8) is 0 Å². The molecule has 1 heterocycles. The Labute approximate surface area is 127 Å². The third kappa shape index (κ3) is 2.68. The standard InChI is InChI=1S/C18H15FO3/c1-20-14-7-8-17(21-2)15(11-14)18-10-9-16(22-18)12-3-5-13(19)6-4-12/h3-11H,1-2H3. The first-order valence-corrected chi connectivity index (χ1v) is 6.79. The van der Waals surface area contributed by atoms with Crippen LogP contribution in [-0.4, -0.2) is 14.2 Å². The van der Waals surface area contributed by atoms with E-state index in [0.717, 1.165) is 16.9 Å². The van der Waals surface area contributed by atoms with Crippen LogP contribution in [0.25, 0.3) is 22.6 Å². The second kappa shape index (κ2) is 5.93. The van der Waals surface area contributed by atoms with E-state index in [1.165, 1.54) is 12.1 Å². The SMILES string of the molecule is COc1ccc(OC)c(-c2ccc(-c3ccc(F)cc3)o2)c1. The molecule has 0 aliphatic heterocycles. The van der Waals surface area contributed by atoms with Gasteiger partial charge in [-0.15, -0.1) is 0 Å². The molecule has 1 aromatic heterocycles. The second-order valence-corrected chi connectivity index (χ2v) is 4.74. The van der Waals surface area contributed by atoms with Crippen LogP contribution in [0.1, 0.15) is 0 Å². The van der Waals surface area contributed by atoms with Crippen molar-refractivity contribution in [2.75, 3.05) is 14.2 Å². The summed E-state index contributed by atoms with van der Waals surface area (Å²) in [6.07, 6.45) is 0. The van der Waals surface area contributed by atoms with E-state index in [9.17, 15) is 4.39 Å². The van der Waals surface area contributed by atoms with Crippen molar-refractivity contribution >= 4 is 0 Å². The van der Waals surface area contributed by atoms with Crippen LogP contribution in [0.3, 0.4) is 0 Å². The number of hydrogen-bond donors (Lipinski definition) is 0. The van der Waals surface area contributed by atoms with Crippen LogP contribution in [0.5, 0.6) is 11.5 Å². The van der Waals surface area contributed by atoms with Gasteiger partial charge in [-0.1, -0.05) is 0 Å². The maximum atomic E-state index is 13.0. The molecular formula is C18H15FO3. The summed E-state index contributed by atoms with van der Waals surface area (Å²) < 4.78 is 29.5. The Balaban J connectivity index is 2.01. The Kier molecular flexibility index (Phi) is 3.83. The molecule has 3 aromatic rings. The molecule has 0 radical (unpaired) electrons. The maximum Gasteiger partial charge on any atom is 0.138 e. The fourth-order valence-corrected chi connectivity index (χ4v) is 2.26. The topological polar surface area (TPSA) is 31.6 Å². The van der Waals surface area contributed by atoms with Gasteiger partial charge in [0, 0.05) is 5.56 Å². The molecule has 0 atom stereocenters. The van der Waals surface area contributed by atoms with Crippen LogP contribution in [0.2, 0.25) is 0 Å². The minimum absolute atomic E-state index is 0.273. The second-order valence-electron chi connectivity index (χ2n) is 4.74. The van der Waals surface area contributed by atoms with Gasteiger partial charge in [-0.2, -0.15) is 0 Å². The van der Waals surface area contributed by atoms with Gasteiger partial charge in [0.25, 0.3) is 0 Å². The van der Waals surface area contributed by atoms with Crippen LogP contribution < -0.4 is 9.47 Å². The molecular weight excluding hydrogens is 283 g/mol. The Morgan fingerprint density at radius 3 is 2.23 bits per heavy atom. The molecule has 2 aromatic carbocycles. The van der Waals surface area contributed by atoms with Gasteiger partial charge in [0.15, 0.2) is 0 Å². The van der Waals surface area contributed by atoms with Crippen LogP contribution in [0.15, 0.2) is 59.0 Å². The van der Waals surface area contributed by atoms with Gasteiger partial charge in [0.2, 0.25) is 0 Å². The monoisotopic (exact) mass is 298 g/mol. The van der Waals surface area contributed by atoms with E-state index in [1.807, 2.05) is 30.3 Å². The van der Waals surface area contributed by atoms with Crippen molar-refractivity contribution in [3.8, 4) is 34.1 Å². The predicted octanol–water partition coefficient (Wildman–Crippen LogP) is 4.77. The Morgan fingerprint density at radius 2 is 1.55 bits per heavy atom. The van der Waals surface area contributed by atoms with Crippen molar-refractivity contribution in [1.29, 1.82) is 0 Å². The molecule has 0 amide bonds. The third-order valence-corrected chi connectivity index (χ3v) is 3.41. The van der Waals surface area contributed by atoms with E-state index in [2.05, 4.69) is 0 Å².